The number of benzene rings is 2. The lowest BCUT2D eigenvalue weighted by molar-refractivity contribution is 0.201. The number of hydrogen-bond donors (Lipinski definition) is 2. The summed E-state index contributed by atoms with van der Waals surface area (Å²) >= 11 is 12.5. The lowest BCUT2D eigenvalue weighted by atomic mass is 10.0. The van der Waals surface area contributed by atoms with Crippen LogP contribution in [0.2, 0.25) is 10.0 Å². The van der Waals surface area contributed by atoms with E-state index in [2.05, 4.69) is 23.8 Å². The van der Waals surface area contributed by atoms with Crippen molar-refractivity contribution in [2.75, 3.05) is 18.5 Å². The fraction of sp³-hybridized carbons (Fsp3) is 0.208. The molecule has 2 aromatic carbocycles. The van der Waals surface area contributed by atoms with Gasteiger partial charge in [-0.05, 0) is 72.5 Å². The molecule has 0 atom stereocenters. The van der Waals surface area contributed by atoms with Crippen LogP contribution in [0.25, 0.3) is 16.8 Å². The van der Waals surface area contributed by atoms with Crippen molar-refractivity contribution < 1.29 is 9.84 Å². The summed E-state index contributed by atoms with van der Waals surface area (Å²) in [5.41, 5.74) is 6.25. The van der Waals surface area contributed by atoms with Gasteiger partial charge in [0.25, 0.3) is 0 Å². The Labute approximate surface area is 187 Å². The summed E-state index contributed by atoms with van der Waals surface area (Å²) in [5.74, 6) is 0.741. The number of ether oxygens (including phenoxy) is 1. The summed E-state index contributed by atoms with van der Waals surface area (Å²) in [7, 11) is 0. The van der Waals surface area contributed by atoms with Gasteiger partial charge in [0, 0.05) is 27.5 Å². The Morgan fingerprint density at radius 2 is 1.97 bits per heavy atom. The molecule has 0 aliphatic heterocycles. The number of nitrogens with one attached hydrogen (secondary N) is 1. The lowest BCUT2D eigenvalue weighted by Crippen LogP contribution is -2.06. The zero-order valence-corrected chi connectivity index (χ0v) is 18.5. The molecule has 6 heteroatoms. The zero-order chi connectivity index (χ0) is 21.7. The molecule has 0 radical (unpaired) electrons. The highest BCUT2D eigenvalue weighted by atomic mass is 35.5. The molecule has 0 aliphatic rings. The van der Waals surface area contributed by atoms with Crippen LogP contribution >= 0.6 is 23.2 Å². The summed E-state index contributed by atoms with van der Waals surface area (Å²) in [4.78, 5) is 4.47. The van der Waals surface area contributed by atoms with E-state index in [0.717, 1.165) is 40.1 Å². The summed E-state index contributed by atoms with van der Waals surface area (Å²) < 4.78 is 5.57. The number of anilines is 1. The van der Waals surface area contributed by atoms with E-state index in [1.54, 1.807) is 18.3 Å². The van der Waals surface area contributed by atoms with E-state index in [4.69, 9.17) is 33.0 Å². The van der Waals surface area contributed by atoms with Crippen molar-refractivity contribution in [1.29, 1.82) is 0 Å². The van der Waals surface area contributed by atoms with Crippen LogP contribution in [0.4, 0.5) is 5.69 Å². The SMILES string of the molecule is C=C(Nc1c(C)cc(OCCO)cc1CC)c1cc(-c2cc(Cl)ccc2Cl)ccn1. The Kier molecular flexibility index (Phi) is 7.38. The number of nitrogens with zero attached hydrogens (tertiary/aromatic N) is 1. The molecule has 3 aromatic rings. The van der Waals surface area contributed by atoms with E-state index in [1.165, 1.54) is 0 Å². The molecule has 156 valence electrons. The number of rotatable bonds is 8. The molecule has 0 unspecified atom stereocenters. The first-order valence-corrected chi connectivity index (χ1v) is 10.4. The molecule has 4 nitrogen and oxygen atoms in total. The summed E-state index contributed by atoms with van der Waals surface area (Å²) in [6, 6.07) is 13.1. The highest BCUT2D eigenvalue weighted by Crippen LogP contribution is 2.33. The molecular weight excluding hydrogens is 419 g/mol. The van der Waals surface area contributed by atoms with Gasteiger partial charge in [-0.3, -0.25) is 4.98 Å². The third-order valence-electron chi connectivity index (χ3n) is 4.72. The molecule has 0 spiro atoms. The molecule has 0 bridgehead atoms. The van der Waals surface area contributed by atoms with Crippen LogP contribution in [-0.2, 0) is 6.42 Å². The highest BCUT2D eigenvalue weighted by molar-refractivity contribution is 6.35. The Bertz CT molecular complexity index is 1070. The molecule has 0 saturated carbocycles. The molecule has 1 aromatic heterocycles. The lowest BCUT2D eigenvalue weighted by Gasteiger charge is -2.18. The molecule has 0 amide bonds. The average Bonchev–Trinajstić information content (AvgIpc) is 2.75. The van der Waals surface area contributed by atoms with E-state index < -0.39 is 0 Å². The van der Waals surface area contributed by atoms with Crippen LogP contribution < -0.4 is 10.1 Å². The van der Waals surface area contributed by atoms with Gasteiger partial charge in [-0.2, -0.15) is 0 Å². The van der Waals surface area contributed by atoms with Gasteiger partial charge < -0.3 is 15.2 Å². The van der Waals surface area contributed by atoms with Gasteiger partial charge in [-0.1, -0.05) is 36.7 Å². The van der Waals surface area contributed by atoms with Gasteiger partial charge in [-0.25, -0.2) is 0 Å². The third-order valence-corrected chi connectivity index (χ3v) is 5.28. The van der Waals surface area contributed by atoms with Crippen molar-refractivity contribution in [2.45, 2.75) is 20.3 Å². The highest BCUT2D eigenvalue weighted by Gasteiger charge is 2.12. The quantitative estimate of drug-likeness (QED) is 0.424. The van der Waals surface area contributed by atoms with Gasteiger partial charge in [0.05, 0.1) is 18.0 Å². The van der Waals surface area contributed by atoms with Crippen molar-refractivity contribution in [3.05, 3.63) is 82.1 Å². The standard InChI is InChI=1S/C24H24Cl2N2O2/c1-4-17-12-20(30-10-9-29)11-15(2)24(17)28-16(3)23-13-18(7-8-27-23)21-14-19(25)5-6-22(21)26/h5-8,11-14,28-29H,3-4,9-10H2,1-2H3. The molecule has 1 heterocycles. The van der Waals surface area contributed by atoms with Crippen LogP contribution in [0.3, 0.4) is 0 Å². The maximum absolute atomic E-state index is 8.99. The topological polar surface area (TPSA) is 54.4 Å². The fourth-order valence-corrected chi connectivity index (χ4v) is 3.62. The zero-order valence-electron chi connectivity index (χ0n) is 17.0. The molecular formula is C24H24Cl2N2O2. The van der Waals surface area contributed by atoms with Crippen molar-refractivity contribution in [1.82, 2.24) is 4.98 Å². The Morgan fingerprint density at radius 1 is 1.17 bits per heavy atom. The van der Waals surface area contributed by atoms with Crippen molar-refractivity contribution in [2.24, 2.45) is 0 Å². The number of halogens is 2. The van der Waals surface area contributed by atoms with Crippen molar-refractivity contribution >= 4 is 34.6 Å². The van der Waals surface area contributed by atoms with Gasteiger partial charge in [-0.15, -0.1) is 0 Å². The van der Waals surface area contributed by atoms with Crippen LogP contribution in [0.15, 0.2) is 55.2 Å². The van der Waals surface area contributed by atoms with E-state index in [0.29, 0.717) is 21.4 Å². The Balaban J connectivity index is 1.89. The molecule has 0 fully saturated rings. The van der Waals surface area contributed by atoms with E-state index in [-0.39, 0.29) is 13.2 Å². The maximum atomic E-state index is 8.99. The first-order chi connectivity index (χ1) is 14.4. The van der Waals surface area contributed by atoms with E-state index >= 15 is 0 Å². The van der Waals surface area contributed by atoms with Crippen molar-refractivity contribution in [3.63, 3.8) is 0 Å². The average molecular weight is 443 g/mol. The monoisotopic (exact) mass is 442 g/mol. The van der Waals surface area contributed by atoms with Gasteiger partial charge >= 0.3 is 0 Å². The second-order valence-corrected chi connectivity index (χ2v) is 7.70. The Morgan fingerprint density at radius 3 is 2.70 bits per heavy atom. The third kappa shape index (κ3) is 5.14. The minimum Gasteiger partial charge on any atom is -0.491 e. The summed E-state index contributed by atoms with van der Waals surface area (Å²) in [5, 5.41) is 13.6. The molecule has 2 N–H and O–H groups in total. The van der Waals surface area contributed by atoms with E-state index in [9.17, 15) is 0 Å². The minimum absolute atomic E-state index is 0.0179. The molecule has 3 rings (SSSR count). The van der Waals surface area contributed by atoms with Gasteiger partial charge in [0.15, 0.2) is 0 Å². The number of pyridine rings is 1. The number of hydrogen-bond acceptors (Lipinski definition) is 4. The Hall–Kier alpha value is -2.53. The molecule has 0 saturated heterocycles. The van der Waals surface area contributed by atoms with Crippen LogP contribution in [0.1, 0.15) is 23.7 Å². The van der Waals surface area contributed by atoms with Gasteiger partial charge in [0.1, 0.15) is 12.4 Å². The summed E-state index contributed by atoms with van der Waals surface area (Å²) in [6.07, 6.45) is 2.55. The first kappa shape index (κ1) is 22.2. The largest absolute Gasteiger partial charge is 0.491 e. The predicted molar refractivity (Wildman–Crippen MR) is 125 cm³/mol. The number of aliphatic hydroxyl groups is 1. The normalized spacial score (nSPS) is 10.7. The second-order valence-electron chi connectivity index (χ2n) is 6.86. The number of aromatic nitrogens is 1. The minimum atomic E-state index is -0.0179. The molecule has 0 aliphatic carbocycles. The smallest absolute Gasteiger partial charge is 0.120 e. The van der Waals surface area contributed by atoms with Crippen LogP contribution in [0.5, 0.6) is 5.75 Å². The first-order valence-electron chi connectivity index (χ1n) is 9.68. The summed E-state index contributed by atoms with van der Waals surface area (Å²) in [6.45, 7) is 8.53. The number of aryl methyl sites for hydroxylation is 2. The van der Waals surface area contributed by atoms with Crippen LogP contribution in [-0.4, -0.2) is 23.3 Å². The van der Waals surface area contributed by atoms with Crippen LogP contribution in [0, 0.1) is 6.92 Å². The molecule has 30 heavy (non-hydrogen) atoms. The maximum Gasteiger partial charge on any atom is 0.120 e. The second kappa shape index (κ2) is 9.98. The van der Waals surface area contributed by atoms with Gasteiger partial charge in [0.2, 0.25) is 0 Å². The fourth-order valence-electron chi connectivity index (χ4n) is 3.23. The predicted octanol–water partition coefficient (Wildman–Crippen LogP) is 6.38. The van der Waals surface area contributed by atoms with E-state index in [1.807, 2.05) is 37.3 Å². The van der Waals surface area contributed by atoms with Crippen molar-refractivity contribution in [3.8, 4) is 16.9 Å². The number of aliphatic hydroxyl groups excluding tert-OH is 1.